The summed E-state index contributed by atoms with van der Waals surface area (Å²) in [6, 6.07) is 13.6. The lowest BCUT2D eigenvalue weighted by Gasteiger charge is -2.06. The molecule has 2 aromatic carbocycles. The van der Waals surface area contributed by atoms with Crippen LogP contribution in [0.3, 0.4) is 0 Å². The molecule has 24 heavy (non-hydrogen) atoms. The smallest absolute Gasteiger partial charge is 0.347 e. The van der Waals surface area contributed by atoms with Crippen LogP contribution in [0, 0.1) is 6.92 Å². The number of aryl methyl sites for hydroxylation is 1. The van der Waals surface area contributed by atoms with Gasteiger partial charge < -0.3 is 9.52 Å². The van der Waals surface area contributed by atoms with E-state index in [1.165, 1.54) is 12.1 Å². The first-order valence-corrected chi connectivity index (χ1v) is 7.31. The number of aromatic nitrogens is 2. The van der Waals surface area contributed by atoms with Gasteiger partial charge in [-0.3, -0.25) is 0 Å². The van der Waals surface area contributed by atoms with Crippen LogP contribution >= 0.6 is 0 Å². The third-order valence-electron chi connectivity index (χ3n) is 3.97. The molecule has 0 spiro atoms. The van der Waals surface area contributed by atoms with Crippen LogP contribution in [-0.2, 0) is 0 Å². The van der Waals surface area contributed by atoms with Gasteiger partial charge in [-0.2, -0.15) is 5.10 Å². The lowest BCUT2D eigenvalue weighted by atomic mass is 10.1. The molecular weight excluding hydrogens is 308 g/mol. The minimum atomic E-state index is -0.992. The standard InChI is InChI=1S/C18H12N2O4/c1-10-15-16(13-4-2-3-5-14(13)24-18(15)23)20(19-10)12-8-6-11(7-9-12)17(21)22/h2-9H,1H3,(H,21,22). The molecule has 0 aliphatic heterocycles. The second-order valence-corrected chi connectivity index (χ2v) is 5.46. The van der Waals surface area contributed by atoms with E-state index in [1.807, 2.05) is 12.1 Å². The molecule has 0 saturated heterocycles. The molecule has 0 aliphatic carbocycles. The Bertz CT molecular complexity index is 1150. The molecule has 4 aromatic rings. The Hall–Kier alpha value is -3.41. The molecule has 0 amide bonds. The number of rotatable bonds is 2. The highest BCUT2D eigenvalue weighted by Gasteiger charge is 2.17. The summed E-state index contributed by atoms with van der Waals surface area (Å²) in [4.78, 5) is 23.3. The van der Waals surface area contributed by atoms with Crippen LogP contribution in [-0.4, -0.2) is 20.9 Å². The van der Waals surface area contributed by atoms with Gasteiger partial charge in [0.15, 0.2) is 0 Å². The molecule has 0 radical (unpaired) electrons. The number of nitrogens with zero attached hydrogens (tertiary/aromatic N) is 2. The number of hydrogen-bond donors (Lipinski definition) is 1. The average Bonchev–Trinajstić information content (AvgIpc) is 2.93. The third-order valence-corrected chi connectivity index (χ3v) is 3.97. The predicted molar refractivity (Wildman–Crippen MR) is 88.8 cm³/mol. The van der Waals surface area contributed by atoms with E-state index in [2.05, 4.69) is 5.10 Å². The van der Waals surface area contributed by atoms with Crippen molar-refractivity contribution >= 4 is 27.8 Å². The largest absolute Gasteiger partial charge is 0.478 e. The van der Waals surface area contributed by atoms with E-state index in [4.69, 9.17) is 9.52 Å². The summed E-state index contributed by atoms with van der Waals surface area (Å²) < 4.78 is 7.02. The topological polar surface area (TPSA) is 85.3 Å². The fraction of sp³-hybridized carbons (Fsp3) is 0.0556. The van der Waals surface area contributed by atoms with Gasteiger partial charge in [0.2, 0.25) is 0 Å². The SMILES string of the molecule is Cc1nn(-c2ccc(C(=O)O)cc2)c2c1c(=O)oc1ccccc12. The highest BCUT2D eigenvalue weighted by atomic mass is 16.4. The van der Waals surface area contributed by atoms with Crippen molar-refractivity contribution in [1.82, 2.24) is 9.78 Å². The zero-order valence-corrected chi connectivity index (χ0v) is 12.7. The van der Waals surface area contributed by atoms with Gasteiger partial charge in [-0.1, -0.05) is 12.1 Å². The first-order valence-electron chi connectivity index (χ1n) is 7.31. The molecule has 0 unspecified atom stereocenters. The van der Waals surface area contributed by atoms with E-state index < -0.39 is 11.6 Å². The number of aromatic carboxylic acids is 1. The van der Waals surface area contributed by atoms with E-state index in [1.54, 1.807) is 35.9 Å². The molecule has 4 rings (SSSR count). The van der Waals surface area contributed by atoms with Crippen LogP contribution < -0.4 is 5.63 Å². The average molecular weight is 320 g/mol. The highest BCUT2D eigenvalue weighted by molar-refractivity contribution is 6.03. The lowest BCUT2D eigenvalue weighted by molar-refractivity contribution is 0.0697. The molecule has 2 heterocycles. The Labute approximate surface area is 135 Å². The molecule has 6 nitrogen and oxygen atoms in total. The monoisotopic (exact) mass is 320 g/mol. The summed E-state index contributed by atoms with van der Waals surface area (Å²) in [7, 11) is 0. The molecule has 2 aromatic heterocycles. The second kappa shape index (κ2) is 5.06. The summed E-state index contributed by atoms with van der Waals surface area (Å²) in [6.45, 7) is 1.75. The zero-order valence-electron chi connectivity index (χ0n) is 12.7. The Kier molecular flexibility index (Phi) is 2.99. The third kappa shape index (κ3) is 2.00. The van der Waals surface area contributed by atoms with Crippen molar-refractivity contribution in [1.29, 1.82) is 0 Å². The van der Waals surface area contributed by atoms with Crippen LogP contribution in [0.15, 0.2) is 57.7 Å². The lowest BCUT2D eigenvalue weighted by Crippen LogP contribution is -2.02. The van der Waals surface area contributed by atoms with Crippen molar-refractivity contribution < 1.29 is 14.3 Å². The molecule has 1 N–H and O–H groups in total. The molecular formula is C18H12N2O4. The fourth-order valence-corrected chi connectivity index (χ4v) is 2.85. The van der Waals surface area contributed by atoms with Crippen LogP contribution in [0.4, 0.5) is 0 Å². The van der Waals surface area contributed by atoms with Gasteiger partial charge in [0.05, 0.1) is 22.5 Å². The number of para-hydroxylation sites is 1. The number of carboxylic acids is 1. The number of hydrogen-bond acceptors (Lipinski definition) is 4. The van der Waals surface area contributed by atoms with Gasteiger partial charge in [0.25, 0.3) is 0 Å². The summed E-state index contributed by atoms with van der Waals surface area (Å²) in [5, 5.41) is 14.7. The van der Waals surface area contributed by atoms with Gasteiger partial charge in [-0.25, -0.2) is 14.3 Å². The van der Waals surface area contributed by atoms with Crippen molar-refractivity contribution in [2.75, 3.05) is 0 Å². The first-order chi connectivity index (χ1) is 11.6. The second-order valence-electron chi connectivity index (χ2n) is 5.46. The van der Waals surface area contributed by atoms with Crippen molar-refractivity contribution in [2.24, 2.45) is 0 Å². The molecule has 6 heteroatoms. The normalized spacial score (nSPS) is 11.2. The van der Waals surface area contributed by atoms with E-state index >= 15 is 0 Å². The van der Waals surface area contributed by atoms with E-state index in [-0.39, 0.29) is 5.56 Å². The number of carboxylic acid groups (broad SMARTS) is 1. The van der Waals surface area contributed by atoms with Crippen molar-refractivity contribution in [2.45, 2.75) is 6.92 Å². The fourth-order valence-electron chi connectivity index (χ4n) is 2.85. The predicted octanol–water partition coefficient (Wildman–Crippen LogP) is 3.14. The summed E-state index contributed by atoms with van der Waals surface area (Å²) in [5.74, 6) is -0.992. The van der Waals surface area contributed by atoms with Crippen LogP contribution in [0.25, 0.3) is 27.6 Å². The zero-order chi connectivity index (χ0) is 16.8. The van der Waals surface area contributed by atoms with Crippen LogP contribution in [0.5, 0.6) is 0 Å². The van der Waals surface area contributed by atoms with Crippen molar-refractivity contribution in [3.8, 4) is 5.69 Å². The van der Waals surface area contributed by atoms with Gasteiger partial charge in [0, 0.05) is 5.39 Å². The molecule has 0 bridgehead atoms. The maximum Gasteiger partial charge on any atom is 0.347 e. The van der Waals surface area contributed by atoms with E-state index in [0.717, 1.165) is 5.39 Å². The molecule has 0 aliphatic rings. The minimum Gasteiger partial charge on any atom is -0.478 e. The maximum atomic E-state index is 12.3. The summed E-state index contributed by atoms with van der Waals surface area (Å²) in [5.41, 5.74) is 2.13. The van der Waals surface area contributed by atoms with Gasteiger partial charge in [-0.05, 0) is 43.3 Å². The van der Waals surface area contributed by atoms with E-state index in [0.29, 0.717) is 27.9 Å². The van der Waals surface area contributed by atoms with Crippen molar-refractivity contribution in [3.63, 3.8) is 0 Å². The van der Waals surface area contributed by atoms with Gasteiger partial charge in [0.1, 0.15) is 11.0 Å². The summed E-state index contributed by atoms with van der Waals surface area (Å²) in [6.07, 6.45) is 0. The number of fused-ring (bicyclic) bond motifs is 3. The number of benzene rings is 2. The van der Waals surface area contributed by atoms with Gasteiger partial charge in [-0.15, -0.1) is 0 Å². The Morgan fingerprint density at radius 3 is 2.54 bits per heavy atom. The quantitative estimate of drug-likeness (QED) is 0.573. The van der Waals surface area contributed by atoms with E-state index in [9.17, 15) is 9.59 Å². The first kappa shape index (κ1) is 14.2. The Morgan fingerprint density at radius 1 is 1.12 bits per heavy atom. The Morgan fingerprint density at radius 2 is 1.83 bits per heavy atom. The van der Waals surface area contributed by atoms with Crippen molar-refractivity contribution in [3.05, 3.63) is 70.2 Å². The summed E-state index contributed by atoms with van der Waals surface area (Å²) >= 11 is 0. The Balaban J connectivity index is 2.09. The highest BCUT2D eigenvalue weighted by Crippen LogP contribution is 2.27. The molecule has 0 atom stereocenters. The minimum absolute atomic E-state index is 0.191. The molecule has 0 saturated carbocycles. The van der Waals surface area contributed by atoms with Gasteiger partial charge >= 0.3 is 11.6 Å². The van der Waals surface area contributed by atoms with Crippen LogP contribution in [0.1, 0.15) is 16.1 Å². The molecule has 0 fully saturated rings. The van der Waals surface area contributed by atoms with Crippen LogP contribution in [0.2, 0.25) is 0 Å². The number of carbonyl (C=O) groups is 1. The molecule has 118 valence electrons. The maximum absolute atomic E-state index is 12.3.